The Morgan fingerprint density at radius 2 is 1.87 bits per heavy atom. The summed E-state index contributed by atoms with van der Waals surface area (Å²) in [6.45, 7) is 9.18. The topological polar surface area (TPSA) is 85.2 Å². The van der Waals surface area contributed by atoms with E-state index in [1.165, 1.54) is 17.3 Å². The Labute approximate surface area is 186 Å². The third-order valence-electron chi connectivity index (χ3n) is 5.18. The number of carbonyl (C=O) groups is 1. The summed E-state index contributed by atoms with van der Waals surface area (Å²) in [6, 6.07) is 14.0. The van der Waals surface area contributed by atoms with E-state index in [0.717, 1.165) is 48.9 Å². The lowest BCUT2D eigenvalue weighted by Gasteiger charge is -2.28. The smallest absolute Gasteiger partial charge is 0.237 e. The van der Waals surface area contributed by atoms with Crippen LogP contribution < -0.4 is 10.2 Å². The Bertz CT molecular complexity index is 1050. The Hall–Kier alpha value is -2.91. The molecule has 1 amide bonds. The molecule has 0 radical (unpaired) electrons. The number of benzene rings is 2. The average molecular weight is 439 g/mol. The summed E-state index contributed by atoms with van der Waals surface area (Å²) >= 11 is 1.33. The van der Waals surface area contributed by atoms with Gasteiger partial charge >= 0.3 is 0 Å². The lowest BCUT2D eigenvalue weighted by molar-refractivity contribution is -0.115. The molecular weight excluding hydrogens is 412 g/mol. The quantitative estimate of drug-likeness (QED) is 0.592. The van der Waals surface area contributed by atoms with Crippen LogP contribution in [-0.2, 0) is 9.53 Å². The van der Waals surface area contributed by atoms with Gasteiger partial charge in [-0.25, -0.2) is 0 Å². The zero-order valence-electron chi connectivity index (χ0n) is 17.9. The fourth-order valence-electron chi connectivity index (χ4n) is 3.48. The van der Waals surface area contributed by atoms with Gasteiger partial charge in [0.2, 0.25) is 11.1 Å². The largest absolute Gasteiger partial charge is 0.378 e. The van der Waals surface area contributed by atoms with Gasteiger partial charge in [0.1, 0.15) is 0 Å². The predicted molar refractivity (Wildman–Crippen MR) is 122 cm³/mol. The third-order valence-corrected chi connectivity index (χ3v) is 6.22. The van der Waals surface area contributed by atoms with Crippen LogP contribution in [0.3, 0.4) is 0 Å². The standard InChI is InChI=1S/C22H26N6O2S/c1-15-4-9-20(16(2)14-15)28-22(24-25-26-28)31-17(3)21(29)23-18-5-7-19(8-6-18)27-10-12-30-13-11-27/h4-9,14,17H,10-13H2,1-3H3,(H,23,29). The van der Waals surface area contributed by atoms with Crippen molar-refractivity contribution in [2.45, 2.75) is 31.2 Å². The van der Waals surface area contributed by atoms with Crippen molar-refractivity contribution in [3.05, 3.63) is 53.6 Å². The summed E-state index contributed by atoms with van der Waals surface area (Å²) in [5.74, 6) is -0.0979. The van der Waals surface area contributed by atoms with Crippen molar-refractivity contribution in [1.82, 2.24) is 20.2 Å². The number of anilines is 2. The minimum absolute atomic E-state index is 0.0979. The highest BCUT2D eigenvalue weighted by Crippen LogP contribution is 2.26. The van der Waals surface area contributed by atoms with Crippen molar-refractivity contribution < 1.29 is 9.53 Å². The van der Waals surface area contributed by atoms with Crippen molar-refractivity contribution in [3.63, 3.8) is 0 Å². The summed E-state index contributed by atoms with van der Waals surface area (Å²) in [5, 5.41) is 15.2. The van der Waals surface area contributed by atoms with Crippen LogP contribution in [0.15, 0.2) is 47.6 Å². The SMILES string of the molecule is Cc1ccc(-n2nnnc2SC(C)C(=O)Nc2ccc(N3CCOCC3)cc2)c(C)c1. The molecule has 0 bridgehead atoms. The molecule has 31 heavy (non-hydrogen) atoms. The lowest BCUT2D eigenvalue weighted by atomic mass is 10.1. The van der Waals surface area contributed by atoms with Gasteiger partial charge in [0.25, 0.3) is 0 Å². The number of rotatable bonds is 6. The number of morpholine rings is 1. The Kier molecular flexibility index (Phi) is 6.53. The second-order valence-corrected chi connectivity index (χ2v) is 8.87. The second kappa shape index (κ2) is 9.49. The molecule has 1 aliphatic rings. The summed E-state index contributed by atoms with van der Waals surface area (Å²) < 4.78 is 7.08. The van der Waals surface area contributed by atoms with E-state index in [9.17, 15) is 4.79 Å². The van der Waals surface area contributed by atoms with Gasteiger partial charge in [-0.05, 0) is 67.1 Å². The predicted octanol–water partition coefficient (Wildman–Crippen LogP) is 3.24. The number of aromatic nitrogens is 4. The average Bonchev–Trinajstić information content (AvgIpc) is 3.22. The van der Waals surface area contributed by atoms with Crippen molar-refractivity contribution in [3.8, 4) is 5.69 Å². The highest BCUT2D eigenvalue weighted by molar-refractivity contribution is 8.00. The number of carbonyl (C=O) groups excluding carboxylic acids is 1. The number of nitrogens with zero attached hydrogens (tertiary/aromatic N) is 5. The Morgan fingerprint density at radius 3 is 2.58 bits per heavy atom. The molecule has 0 aliphatic carbocycles. The van der Waals surface area contributed by atoms with E-state index in [1.807, 2.05) is 57.2 Å². The van der Waals surface area contributed by atoms with Gasteiger partial charge in [-0.2, -0.15) is 4.68 Å². The van der Waals surface area contributed by atoms with Gasteiger partial charge in [0.15, 0.2) is 0 Å². The van der Waals surface area contributed by atoms with E-state index >= 15 is 0 Å². The number of thioether (sulfide) groups is 1. The van der Waals surface area contributed by atoms with Crippen LogP contribution in [-0.4, -0.2) is 57.7 Å². The van der Waals surface area contributed by atoms with E-state index < -0.39 is 0 Å². The zero-order valence-corrected chi connectivity index (χ0v) is 18.7. The minimum atomic E-state index is -0.366. The highest BCUT2D eigenvalue weighted by Gasteiger charge is 2.20. The van der Waals surface area contributed by atoms with Crippen molar-refractivity contribution in [1.29, 1.82) is 0 Å². The number of aryl methyl sites for hydroxylation is 2. The first-order valence-electron chi connectivity index (χ1n) is 10.3. The molecule has 1 saturated heterocycles. The van der Waals surface area contributed by atoms with Gasteiger partial charge in [-0.3, -0.25) is 4.79 Å². The molecule has 1 N–H and O–H groups in total. The maximum atomic E-state index is 12.7. The van der Waals surface area contributed by atoms with Gasteiger partial charge in [-0.1, -0.05) is 29.5 Å². The molecule has 9 heteroatoms. The van der Waals surface area contributed by atoms with Crippen LogP contribution in [0.25, 0.3) is 5.69 Å². The maximum absolute atomic E-state index is 12.7. The molecular formula is C22H26N6O2S. The van der Waals surface area contributed by atoms with Gasteiger partial charge in [0, 0.05) is 24.5 Å². The number of nitrogens with one attached hydrogen (secondary N) is 1. The summed E-state index contributed by atoms with van der Waals surface area (Å²) in [4.78, 5) is 15.0. The molecule has 162 valence electrons. The molecule has 2 heterocycles. The van der Waals surface area contributed by atoms with Gasteiger partial charge in [-0.15, -0.1) is 5.10 Å². The van der Waals surface area contributed by atoms with E-state index in [0.29, 0.717) is 5.16 Å². The Balaban J connectivity index is 1.40. The number of tetrazole rings is 1. The molecule has 8 nitrogen and oxygen atoms in total. The first-order valence-corrected chi connectivity index (χ1v) is 11.2. The molecule has 1 aromatic heterocycles. The molecule has 4 rings (SSSR count). The highest BCUT2D eigenvalue weighted by atomic mass is 32.2. The van der Waals surface area contributed by atoms with E-state index in [4.69, 9.17) is 4.74 Å². The summed E-state index contributed by atoms with van der Waals surface area (Å²) in [7, 11) is 0. The number of ether oxygens (including phenoxy) is 1. The molecule has 0 spiro atoms. The van der Waals surface area contributed by atoms with Crippen molar-refractivity contribution in [2.24, 2.45) is 0 Å². The van der Waals surface area contributed by atoms with E-state index in [-0.39, 0.29) is 11.2 Å². The van der Waals surface area contributed by atoms with Crippen LogP contribution in [0.5, 0.6) is 0 Å². The minimum Gasteiger partial charge on any atom is -0.378 e. The summed E-state index contributed by atoms with van der Waals surface area (Å²) in [5.41, 5.74) is 5.06. The van der Waals surface area contributed by atoms with Gasteiger partial charge < -0.3 is 15.0 Å². The molecule has 1 fully saturated rings. The molecule has 1 atom stereocenters. The molecule has 1 aliphatic heterocycles. The van der Waals surface area contributed by atoms with Gasteiger partial charge in [0.05, 0.1) is 24.2 Å². The third kappa shape index (κ3) is 5.05. The fraction of sp³-hybridized carbons (Fsp3) is 0.364. The van der Waals surface area contributed by atoms with Crippen molar-refractivity contribution in [2.75, 3.05) is 36.5 Å². The first kappa shape index (κ1) is 21.3. The van der Waals surface area contributed by atoms with Crippen molar-refractivity contribution >= 4 is 29.0 Å². The zero-order chi connectivity index (χ0) is 21.8. The lowest BCUT2D eigenvalue weighted by Crippen LogP contribution is -2.36. The van der Waals surface area contributed by atoms with Crippen LogP contribution >= 0.6 is 11.8 Å². The molecule has 0 saturated carbocycles. The first-order chi connectivity index (χ1) is 15.0. The number of hydrogen-bond acceptors (Lipinski definition) is 7. The van der Waals surface area contributed by atoms with Crippen LogP contribution in [0.4, 0.5) is 11.4 Å². The molecule has 2 aromatic carbocycles. The van der Waals surface area contributed by atoms with Crippen LogP contribution in [0, 0.1) is 13.8 Å². The fourth-order valence-corrected chi connectivity index (χ4v) is 4.28. The van der Waals surface area contributed by atoms with E-state index in [2.05, 4.69) is 31.8 Å². The van der Waals surface area contributed by atoms with E-state index in [1.54, 1.807) is 4.68 Å². The number of hydrogen-bond donors (Lipinski definition) is 1. The number of amides is 1. The van der Waals surface area contributed by atoms with Crippen LogP contribution in [0.2, 0.25) is 0 Å². The molecule has 1 unspecified atom stereocenters. The van der Waals surface area contributed by atoms with Crippen LogP contribution in [0.1, 0.15) is 18.1 Å². The Morgan fingerprint density at radius 1 is 1.13 bits per heavy atom. The summed E-state index contributed by atoms with van der Waals surface area (Å²) in [6.07, 6.45) is 0. The second-order valence-electron chi connectivity index (χ2n) is 7.56. The molecule has 3 aromatic rings. The maximum Gasteiger partial charge on any atom is 0.237 e. The monoisotopic (exact) mass is 438 g/mol. The normalized spacial score (nSPS) is 15.0.